The van der Waals surface area contributed by atoms with Gasteiger partial charge in [0.1, 0.15) is 6.04 Å². The smallest absolute Gasteiger partial charge is 0.251 e. The molecule has 8 heteroatoms. The summed E-state index contributed by atoms with van der Waals surface area (Å²) in [5, 5.41) is 9.71. The summed E-state index contributed by atoms with van der Waals surface area (Å²) in [6.07, 6.45) is 1.56. The lowest BCUT2D eigenvalue weighted by Gasteiger charge is -2.37. The second kappa shape index (κ2) is 11.6. The van der Waals surface area contributed by atoms with E-state index in [4.69, 9.17) is 17.0 Å². The molecule has 28 heavy (non-hydrogen) atoms. The summed E-state index contributed by atoms with van der Waals surface area (Å²) in [5.74, 6) is -0.358. The Kier molecular flexibility index (Phi) is 9.16. The van der Waals surface area contributed by atoms with Gasteiger partial charge in [-0.1, -0.05) is 18.2 Å². The number of benzene rings is 1. The van der Waals surface area contributed by atoms with Gasteiger partial charge in [0, 0.05) is 38.9 Å². The van der Waals surface area contributed by atoms with Gasteiger partial charge >= 0.3 is 0 Å². The number of carbonyl (C=O) groups is 2. The van der Waals surface area contributed by atoms with Crippen molar-refractivity contribution in [2.45, 2.75) is 25.8 Å². The van der Waals surface area contributed by atoms with Gasteiger partial charge in [-0.2, -0.15) is 0 Å². The van der Waals surface area contributed by atoms with Gasteiger partial charge in [0.15, 0.2) is 5.11 Å². The van der Waals surface area contributed by atoms with Crippen molar-refractivity contribution >= 4 is 29.1 Å². The fourth-order valence-electron chi connectivity index (χ4n) is 3.30. The van der Waals surface area contributed by atoms with Crippen LogP contribution in [0.5, 0.6) is 0 Å². The van der Waals surface area contributed by atoms with Crippen LogP contribution in [0.1, 0.15) is 30.1 Å². The Morgan fingerprint density at radius 3 is 2.50 bits per heavy atom. The summed E-state index contributed by atoms with van der Waals surface area (Å²) in [7, 11) is 1.59. The van der Waals surface area contributed by atoms with E-state index < -0.39 is 6.04 Å². The van der Waals surface area contributed by atoms with Crippen LogP contribution in [0.2, 0.25) is 0 Å². The number of carbonyl (C=O) groups excluding carboxylic acids is 2. The highest BCUT2D eigenvalue weighted by Gasteiger charge is 2.33. The van der Waals surface area contributed by atoms with Crippen molar-refractivity contribution in [1.82, 2.24) is 20.9 Å². The molecule has 1 aromatic rings. The molecule has 1 fully saturated rings. The number of piperidine rings is 1. The minimum Gasteiger partial charge on any atom is -0.383 e. The van der Waals surface area contributed by atoms with E-state index in [0.717, 1.165) is 37.6 Å². The number of likely N-dealkylation sites (tertiary alicyclic amines) is 1. The van der Waals surface area contributed by atoms with Crippen molar-refractivity contribution in [1.29, 1.82) is 0 Å². The molecule has 1 aromatic carbocycles. The highest BCUT2D eigenvalue weighted by atomic mass is 32.1. The van der Waals surface area contributed by atoms with Crippen LogP contribution >= 0.6 is 12.2 Å². The van der Waals surface area contributed by atoms with Gasteiger partial charge in [-0.25, -0.2) is 0 Å². The van der Waals surface area contributed by atoms with E-state index >= 15 is 0 Å². The monoisotopic (exact) mass is 406 g/mol. The Morgan fingerprint density at radius 2 is 1.89 bits per heavy atom. The molecule has 0 aliphatic carbocycles. The second-order valence-electron chi connectivity index (χ2n) is 6.76. The number of nitrogens with zero attached hydrogens (tertiary/aromatic N) is 1. The Morgan fingerprint density at radius 1 is 1.21 bits per heavy atom. The molecular weight excluding hydrogens is 376 g/mol. The number of amides is 2. The van der Waals surface area contributed by atoms with Crippen molar-refractivity contribution in [2.24, 2.45) is 5.92 Å². The summed E-state index contributed by atoms with van der Waals surface area (Å²) >= 11 is 5.39. The zero-order chi connectivity index (χ0) is 20.4. The van der Waals surface area contributed by atoms with Crippen LogP contribution in [0.4, 0.5) is 0 Å². The molecule has 3 N–H and O–H groups in total. The summed E-state index contributed by atoms with van der Waals surface area (Å²) < 4.78 is 5.00. The molecule has 1 atom stereocenters. The fourth-order valence-corrected chi connectivity index (χ4v) is 3.62. The molecule has 1 heterocycles. The van der Waals surface area contributed by atoms with Crippen LogP contribution in [0.15, 0.2) is 30.3 Å². The SMILES string of the molecule is CCNC(=S)N1CCC(C(NC(=O)c2ccccc2)C(=O)NCCOC)CC1. The minimum absolute atomic E-state index is 0.0517. The van der Waals surface area contributed by atoms with Gasteiger partial charge in [-0.15, -0.1) is 0 Å². The maximum Gasteiger partial charge on any atom is 0.251 e. The first-order chi connectivity index (χ1) is 13.6. The molecule has 7 nitrogen and oxygen atoms in total. The quantitative estimate of drug-likeness (QED) is 0.444. The first kappa shape index (κ1) is 22.1. The van der Waals surface area contributed by atoms with Crippen LogP contribution in [0.3, 0.4) is 0 Å². The fraction of sp³-hybridized carbons (Fsp3) is 0.550. The van der Waals surface area contributed by atoms with E-state index in [0.29, 0.717) is 18.7 Å². The molecule has 1 aliphatic rings. The van der Waals surface area contributed by atoms with E-state index in [9.17, 15) is 9.59 Å². The van der Waals surface area contributed by atoms with Gasteiger partial charge in [0.05, 0.1) is 6.61 Å². The third-order valence-electron chi connectivity index (χ3n) is 4.84. The van der Waals surface area contributed by atoms with Gasteiger partial charge in [-0.3, -0.25) is 9.59 Å². The van der Waals surface area contributed by atoms with Crippen LogP contribution in [-0.2, 0) is 9.53 Å². The second-order valence-corrected chi connectivity index (χ2v) is 7.15. The normalized spacial score (nSPS) is 15.6. The van der Waals surface area contributed by atoms with E-state index in [1.807, 2.05) is 25.1 Å². The van der Waals surface area contributed by atoms with E-state index in [-0.39, 0.29) is 17.7 Å². The topological polar surface area (TPSA) is 82.7 Å². The molecule has 2 rings (SSSR count). The lowest BCUT2D eigenvalue weighted by atomic mass is 9.88. The Bertz CT molecular complexity index is 648. The molecule has 1 aliphatic heterocycles. The molecule has 154 valence electrons. The molecule has 1 saturated heterocycles. The predicted molar refractivity (Wildman–Crippen MR) is 113 cm³/mol. The highest BCUT2D eigenvalue weighted by Crippen LogP contribution is 2.21. The Balaban J connectivity index is 2.03. The maximum absolute atomic E-state index is 12.8. The van der Waals surface area contributed by atoms with Crippen molar-refractivity contribution in [3.05, 3.63) is 35.9 Å². The van der Waals surface area contributed by atoms with Crippen LogP contribution in [-0.4, -0.2) is 67.8 Å². The van der Waals surface area contributed by atoms with Crippen molar-refractivity contribution in [3.63, 3.8) is 0 Å². The first-order valence-corrected chi connectivity index (χ1v) is 10.1. The summed E-state index contributed by atoms with van der Waals surface area (Å²) in [6.45, 7) is 5.17. The molecule has 0 spiro atoms. The van der Waals surface area contributed by atoms with Crippen LogP contribution in [0, 0.1) is 5.92 Å². The third-order valence-corrected chi connectivity index (χ3v) is 5.24. The van der Waals surface area contributed by atoms with Gasteiger partial charge in [0.2, 0.25) is 5.91 Å². The molecule has 0 bridgehead atoms. The van der Waals surface area contributed by atoms with Crippen molar-refractivity contribution in [2.75, 3.05) is 39.9 Å². The molecule has 0 radical (unpaired) electrons. The number of thiocarbonyl (C=S) groups is 1. The van der Waals surface area contributed by atoms with Crippen LogP contribution < -0.4 is 16.0 Å². The van der Waals surface area contributed by atoms with E-state index in [1.165, 1.54) is 0 Å². The Hall–Kier alpha value is -2.19. The molecular formula is C20H30N4O3S. The van der Waals surface area contributed by atoms with E-state index in [1.54, 1.807) is 19.2 Å². The lowest BCUT2D eigenvalue weighted by Crippen LogP contribution is -2.54. The largest absolute Gasteiger partial charge is 0.383 e. The first-order valence-electron chi connectivity index (χ1n) is 9.72. The van der Waals surface area contributed by atoms with Gasteiger partial charge < -0.3 is 25.6 Å². The molecule has 2 amide bonds. The summed E-state index contributed by atoms with van der Waals surface area (Å²) in [4.78, 5) is 27.5. The lowest BCUT2D eigenvalue weighted by molar-refractivity contribution is -0.124. The third kappa shape index (κ3) is 6.45. The van der Waals surface area contributed by atoms with Crippen molar-refractivity contribution < 1.29 is 14.3 Å². The standard InChI is InChI=1S/C20H30N4O3S/c1-3-21-20(28)24-12-9-15(10-13-24)17(19(26)22-11-14-27-2)23-18(25)16-7-5-4-6-8-16/h4-8,15,17H,3,9-14H2,1-2H3,(H,21,28)(H,22,26)(H,23,25). The minimum atomic E-state index is -0.584. The molecule has 1 unspecified atom stereocenters. The van der Waals surface area contributed by atoms with Crippen molar-refractivity contribution in [3.8, 4) is 0 Å². The number of nitrogens with one attached hydrogen (secondary N) is 3. The zero-order valence-corrected chi connectivity index (χ0v) is 17.4. The maximum atomic E-state index is 12.8. The summed E-state index contributed by atoms with van der Waals surface area (Å²) in [6, 6.07) is 8.37. The zero-order valence-electron chi connectivity index (χ0n) is 16.6. The number of rotatable bonds is 8. The molecule has 0 saturated carbocycles. The summed E-state index contributed by atoms with van der Waals surface area (Å²) in [5.41, 5.74) is 0.544. The van der Waals surface area contributed by atoms with Gasteiger partial charge in [-0.05, 0) is 50.0 Å². The molecule has 0 aromatic heterocycles. The number of hydrogen-bond acceptors (Lipinski definition) is 4. The number of methoxy groups -OCH3 is 1. The van der Waals surface area contributed by atoms with E-state index in [2.05, 4.69) is 20.9 Å². The highest BCUT2D eigenvalue weighted by molar-refractivity contribution is 7.80. The predicted octanol–water partition coefficient (Wildman–Crippen LogP) is 1.15. The average Bonchev–Trinajstić information content (AvgIpc) is 2.73. The number of hydrogen-bond donors (Lipinski definition) is 3. The van der Waals surface area contributed by atoms with Crippen LogP contribution in [0.25, 0.3) is 0 Å². The number of ether oxygens (including phenoxy) is 1. The van der Waals surface area contributed by atoms with Gasteiger partial charge in [0.25, 0.3) is 5.91 Å². The Labute approximate surface area is 172 Å². The average molecular weight is 407 g/mol.